The largest absolute Gasteiger partial charge is 0.479 e. The van der Waals surface area contributed by atoms with Gasteiger partial charge in [0, 0.05) is 23.1 Å². The first-order valence-corrected chi connectivity index (χ1v) is 11.3. The average Bonchev–Trinajstić information content (AvgIpc) is 2.75. The number of nitrogens with zero attached hydrogens (tertiary/aromatic N) is 1. The zero-order valence-electron chi connectivity index (χ0n) is 17.4. The molecule has 3 atom stereocenters. The van der Waals surface area contributed by atoms with Gasteiger partial charge >= 0.3 is 5.97 Å². The molecule has 3 N–H and O–H groups in total. The number of sulfonamides is 1. The number of benzene rings is 2. The molecule has 0 heterocycles. The smallest absolute Gasteiger partial charge is 0.330 e. The van der Waals surface area contributed by atoms with Gasteiger partial charge in [-0.3, -0.25) is 19.7 Å². The lowest BCUT2D eigenvalue weighted by molar-refractivity contribution is -0.384. The minimum atomic E-state index is -4.40. The Labute approximate surface area is 194 Å². The van der Waals surface area contributed by atoms with Crippen LogP contribution in [0.15, 0.2) is 53.4 Å². The van der Waals surface area contributed by atoms with Gasteiger partial charge in [0.1, 0.15) is 11.8 Å². The minimum Gasteiger partial charge on any atom is -0.479 e. The van der Waals surface area contributed by atoms with Crippen molar-refractivity contribution in [1.82, 2.24) is 10.0 Å². The van der Waals surface area contributed by atoms with Crippen molar-refractivity contribution in [3.8, 4) is 0 Å². The molecule has 0 aliphatic heterocycles. The fourth-order valence-corrected chi connectivity index (χ4v) is 4.18. The second-order valence-corrected chi connectivity index (χ2v) is 9.23. The fraction of sp³-hybridized carbons (Fsp3) is 0.250. The maximum absolute atomic E-state index is 12.9. The monoisotopic (exact) mass is 497 g/mol. The fourth-order valence-electron chi connectivity index (χ4n) is 2.77. The van der Waals surface area contributed by atoms with E-state index < -0.39 is 50.6 Å². The highest BCUT2D eigenvalue weighted by atomic mass is 35.5. The summed E-state index contributed by atoms with van der Waals surface area (Å²) >= 11 is 5.80. The number of carboxylic acids is 1. The Kier molecular flexibility index (Phi) is 8.25. The van der Waals surface area contributed by atoms with Crippen molar-refractivity contribution in [3.05, 3.63) is 69.2 Å². The Bertz CT molecular complexity index is 1170. The van der Waals surface area contributed by atoms with Gasteiger partial charge in [-0.15, -0.1) is 0 Å². The Balaban J connectivity index is 2.35. The van der Waals surface area contributed by atoms with Crippen LogP contribution in [0.25, 0.3) is 0 Å². The number of nitrogens with one attached hydrogen (secondary N) is 2. The summed E-state index contributed by atoms with van der Waals surface area (Å²) in [6.45, 7) is 2.46. The molecular weight excluding hydrogens is 478 g/mol. The molecule has 0 saturated heterocycles. The van der Waals surface area contributed by atoms with E-state index in [0.717, 1.165) is 31.2 Å². The summed E-state index contributed by atoms with van der Waals surface area (Å²) in [5.74, 6) is -4.15. The van der Waals surface area contributed by atoms with Crippen LogP contribution >= 0.6 is 11.6 Å². The number of carbonyl (C=O) groups excluding carboxylic acids is 2. The summed E-state index contributed by atoms with van der Waals surface area (Å²) in [4.78, 5) is 46.3. The number of non-ortho nitro benzene ring substituents is 1. The number of Topliss-reactive ketones (excluding diaryl/α,β-unsaturated/α-hetero) is 1. The van der Waals surface area contributed by atoms with Crippen LogP contribution in [-0.4, -0.2) is 42.1 Å². The highest BCUT2D eigenvalue weighted by Gasteiger charge is 2.35. The van der Waals surface area contributed by atoms with Crippen molar-refractivity contribution in [2.75, 3.05) is 0 Å². The topological polar surface area (TPSA) is 173 Å². The van der Waals surface area contributed by atoms with Crippen LogP contribution in [0, 0.1) is 16.0 Å². The van der Waals surface area contributed by atoms with Crippen LogP contribution < -0.4 is 10.0 Å². The van der Waals surface area contributed by atoms with Gasteiger partial charge in [-0.05, 0) is 36.8 Å². The molecule has 0 aliphatic rings. The number of carbonyl (C=O) groups is 3. The lowest BCUT2D eigenvalue weighted by atomic mass is 9.97. The number of ketones is 1. The SMILES string of the molecule is CC(=O)[C@H](C)[C@H](NS(=O)(=O)c1ccc([N+](=O)[O-])cc1)C(=O)N[C@H](C(=O)O)c1ccc(Cl)cc1. The third-order valence-electron chi connectivity index (χ3n) is 4.80. The summed E-state index contributed by atoms with van der Waals surface area (Å²) in [5, 5.41) is 22.9. The molecule has 1 amide bonds. The van der Waals surface area contributed by atoms with Crippen molar-refractivity contribution >= 4 is 45.0 Å². The Morgan fingerprint density at radius 1 is 1.06 bits per heavy atom. The van der Waals surface area contributed by atoms with Crippen molar-refractivity contribution in [1.29, 1.82) is 0 Å². The molecule has 2 aromatic rings. The summed E-state index contributed by atoms with van der Waals surface area (Å²) in [6.07, 6.45) is 0. The lowest BCUT2D eigenvalue weighted by Crippen LogP contribution is -2.53. The van der Waals surface area contributed by atoms with E-state index in [1.807, 2.05) is 0 Å². The molecule has 0 bridgehead atoms. The first-order chi connectivity index (χ1) is 15.3. The van der Waals surface area contributed by atoms with E-state index in [4.69, 9.17) is 11.6 Å². The second-order valence-electron chi connectivity index (χ2n) is 7.08. The molecule has 176 valence electrons. The van der Waals surface area contributed by atoms with Crippen LogP contribution in [0.2, 0.25) is 5.02 Å². The van der Waals surface area contributed by atoms with E-state index in [1.54, 1.807) is 0 Å². The molecule has 2 aromatic carbocycles. The molecule has 0 saturated carbocycles. The summed E-state index contributed by atoms with van der Waals surface area (Å²) < 4.78 is 27.7. The van der Waals surface area contributed by atoms with Crippen molar-refractivity contribution in [2.24, 2.45) is 5.92 Å². The van der Waals surface area contributed by atoms with Gasteiger partial charge in [0.15, 0.2) is 6.04 Å². The Morgan fingerprint density at radius 2 is 1.61 bits per heavy atom. The first kappa shape index (κ1) is 25.9. The number of carboxylic acid groups (broad SMARTS) is 1. The molecule has 0 fully saturated rings. The second kappa shape index (κ2) is 10.5. The average molecular weight is 498 g/mol. The standard InChI is InChI=1S/C20H20ClN3O8S/c1-11(12(2)25)17(23-33(31,32)16-9-7-15(8-10-16)24(29)30)19(26)22-18(20(27)28)13-3-5-14(21)6-4-13/h3-11,17-18,23H,1-2H3,(H,22,26)(H,27,28)/t11-,17-,18-/m0/s1. The van der Waals surface area contributed by atoms with Gasteiger partial charge in [0.25, 0.3) is 5.69 Å². The molecule has 13 heteroatoms. The van der Waals surface area contributed by atoms with Gasteiger partial charge in [-0.1, -0.05) is 30.7 Å². The molecule has 2 rings (SSSR count). The number of hydrogen-bond donors (Lipinski definition) is 3. The van der Waals surface area contributed by atoms with Crippen LogP contribution in [0.1, 0.15) is 25.5 Å². The first-order valence-electron chi connectivity index (χ1n) is 9.39. The van der Waals surface area contributed by atoms with Gasteiger partial charge in [-0.2, -0.15) is 4.72 Å². The molecule has 0 aliphatic carbocycles. The number of aliphatic carboxylic acids is 1. The van der Waals surface area contributed by atoms with Gasteiger partial charge in [-0.25, -0.2) is 13.2 Å². The molecule has 33 heavy (non-hydrogen) atoms. The normalized spacial score (nSPS) is 14.0. The molecule has 0 aromatic heterocycles. The van der Waals surface area contributed by atoms with Crippen LogP contribution in [0.4, 0.5) is 5.69 Å². The van der Waals surface area contributed by atoms with Crippen molar-refractivity contribution < 1.29 is 32.8 Å². The van der Waals surface area contributed by atoms with E-state index in [9.17, 15) is 38.0 Å². The van der Waals surface area contributed by atoms with Gasteiger partial charge < -0.3 is 10.4 Å². The van der Waals surface area contributed by atoms with E-state index in [0.29, 0.717) is 5.02 Å². The van der Waals surface area contributed by atoms with E-state index in [1.165, 1.54) is 31.2 Å². The quantitative estimate of drug-likeness (QED) is 0.330. The summed E-state index contributed by atoms with van der Waals surface area (Å²) in [7, 11) is -4.40. The van der Waals surface area contributed by atoms with E-state index in [2.05, 4.69) is 10.0 Å². The van der Waals surface area contributed by atoms with Gasteiger partial charge in [0.05, 0.1) is 9.82 Å². The minimum absolute atomic E-state index is 0.174. The lowest BCUT2D eigenvalue weighted by Gasteiger charge is -2.25. The third kappa shape index (κ3) is 6.57. The van der Waals surface area contributed by atoms with Gasteiger partial charge in [0.2, 0.25) is 15.9 Å². The summed E-state index contributed by atoms with van der Waals surface area (Å²) in [5.41, 5.74) is -0.166. The number of nitro groups is 1. The predicted octanol–water partition coefficient (Wildman–Crippen LogP) is 2.06. The Hall–Kier alpha value is -3.35. The molecule has 0 unspecified atom stereocenters. The molecule has 11 nitrogen and oxygen atoms in total. The van der Waals surface area contributed by atoms with E-state index >= 15 is 0 Å². The molecule has 0 radical (unpaired) electrons. The molecular formula is C20H20ClN3O8S. The zero-order valence-corrected chi connectivity index (χ0v) is 19.0. The third-order valence-corrected chi connectivity index (χ3v) is 6.51. The predicted molar refractivity (Wildman–Crippen MR) is 117 cm³/mol. The van der Waals surface area contributed by atoms with Crippen molar-refractivity contribution in [3.63, 3.8) is 0 Å². The number of nitro benzene ring substituents is 1. The number of rotatable bonds is 10. The zero-order chi connectivity index (χ0) is 24.9. The number of hydrogen-bond acceptors (Lipinski definition) is 7. The highest BCUT2D eigenvalue weighted by Crippen LogP contribution is 2.20. The number of halogens is 1. The maximum atomic E-state index is 12.9. The highest BCUT2D eigenvalue weighted by molar-refractivity contribution is 7.89. The summed E-state index contributed by atoms with van der Waals surface area (Å²) in [6, 6.07) is 6.30. The van der Waals surface area contributed by atoms with Crippen LogP contribution in [-0.2, 0) is 24.4 Å². The Morgan fingerprint density at radius 3 is 2.06 bits per heavy atom. The molecule has 0 spiro atoms. The number of amides is 1. The maximum Gasteiger partial charge on any atom is 0.330 e. The van der Waals surface area contributed by atoms with Crippen molar-refractivity contribution in [2.45, 2.75) is 30.8 Å². The van der Waals surface area contributed by atoms with Crippen LogP contribution in [0.5, 0.6) is 0 Å². The van der Waals surface area contributed by atoms with Crippen LogP contribution in [0.3, 0.4) is 0 Å². The van der Waals surface area contributed by atoms with E-state index in [-0.39, 0.29) is 16.1 Å².